The Hall–Kier alpha value is -3.41. The number of ether oxygens (including phenoxy) is 2. The summed E-state index contributed by atoms with van der Waals surface area (Å²) in [6.45, 7) is 0.100. The lowest BCUT2D eigenvalue weighted by Gasteiger charge is -2.25. The first-order chi connectivity index (χ1) is 12.7. The van der Waals surface area contributed by atoms with Gasteiger partial charge in [0.1, 0.15) is 12.4 Å². The minimum Gasteiger partial charge on any atom is -0.485 e. The largest absolute Gasteiger partial charge is 0.485 e. The van der Waals surface area contributed by atoms with E-state index in [2.05, 4.69) is 10.5 Å². The molecule has 1 aliphatic heterocycles. The van der Waals surface area contributed by atoms with Gasteiger partial charge in [0.2, 0.25) is 6.10 Å². The highest BCUT2D eigenvalue weighted by molar-refractivity contribution is 5.88. The molecule has 0 fully saturated rings. The van der Waals surface area contributed by atoms with Crippen LogP contribution in [0.3, 0.4) is 0 Å². The molecule has 0 unspecified atom stereocenters. The van der Waals surface area contributed by atoms with Crippen molar-refractivity contribution in [3.05, 3.63) is 72.0 Å². The third kappa shape index (κ3) is 3.35. The van der Waals surface area contributed by atoms with Crippen molar-refractivity contribution in [2.45, 2.75) is 6.10 Å². The fourth-order valence-corrected chi connectivity index (χ4v) is 2.68. The molecule has 1 N–H and O–H groups in total. The van der Waals surface area contributed by atoms with Crippen molar-refractivity contribution in [3.63, 3.8) is 0 Å². The van der Waals surface area contributed by atoms with Gasteiger partial charge in [0.05, 0.1) is 6.21 Å². The van der Waals surface area contributed by atoms with E-state index in [4.69, 9.17) is 9.47 Å². The molecule has 3 aromatic carbocycles. The standard InChI is InChI=1S/C20H15FN2O3/c21-16-7-5-13(6-8-16)11-22-23-20(24)19-12-25-17-9-14-3-1-2-4-15(14)10-18(17)26-19/h1-11,19H,12H2,(H,23,24)/b22-11+/t19-/m1/s1. The fraction of sp³-hybridized carbons (Fsp3) is 0.100. The van der Waals surface area contributed by atoms with E-state index in [1.54, 1.807) is 12.1 Å². The number of carbonyl (C=O) groups excluding carboxylic acids is 1. The van der Waals surface area contributed by atoms with Crippen LogP contribution in [0.15, 0.2) is 65.8 Å². The number of nitrogens with zero attached hydrogens (tertiary/aromatic N) is 1. The van der Waals surface area contributed by atoms with E-state index in [0.717, 1.165) is 10.8 Å². The van der Waals surface area contributed by atoms with Gasteiger partial charge in [-0.3, -0.25) is 4.79 Å². The molecule has 0 aliphatic carbocycles. The molecule has 1 heterocycles. The van der Waals surface area contributed by atoms with Crippen LogP contribution in [0.2, 0.25) is 0 Å². The van der Waals surface area contributed by atoms with Crippen molar-refractivity contribution < 1.29 is 18.7 Å². The second-order valence-corrected chi connectivity index (χ2v) is 5.85. The zero-order chi connectivity index (χ0) is 17.9. The van der Waals surface area contributed by atoms with Gasteiger partial charge in [-0.1, -0.05) is 36.4 Å². The van der Waals surface area contributed by atoms with Crippen molar-refractivity contribution >= 4 is 22.9 Å². The van der Waals surface area contributed by atoms with Gasteiger partial charge in [-0.25, -0.2) is 9.82 Å². The molecule has 6 heteroatoms. The van der Waals surface area contributed by atoms with E-state index < -0.39 is 12.0 Å². The highest BCUT2D eigenvalue weighted by atomic mass is 19.1. The van der Waals surface area contributed by atoms with Crippen LogP contribution >= 0.6 is 0 Å². The second kappa shape index (κ2) is 6.84. The lowest BCUT2D eigenvalue weighted by molar-refractivity contribution is -0.130. The van der Waals surface area contributed by atoms with Gasteiger partial charge < -0.3 is 9.47 Å². The van der Waals surface area contributed by atoms with Crippen LogP contribution in [-0.4, -0.2) is 24.8 Å². The number of fused-ring (bicyclic) bond motifs is 2. The number of halogens is 1. The number of hydrazone groups is 1. The third-order valence-corrected chi connectivity index (χ3v) is 4.02. The van der Waals surface area contributed by atoms with E-state index in [0.29, 0.717) is 17.1 Å². The van der Waals surface area contributed by atoms with Crippen molar-refractivity contribution in [1.82, 2.24) is 5.43 Å². The molecule has 0 radical (unpaired) electrons. The molecule has 5 nitrogen and oxygen atoms in total. The number of hydrogen-bond donors (Lipinski definition) is 1. The van der Waals surface area contributed by atoms with Crippen LogP contribution in [0.4, 0.5) is 4.39 Å². The Kier molecular flexibility index (Phi) is 4.23. The molecular formula is C20H15FN2O3. The molecule has 0 saturated carbocycles. The molecular weight excluding hydrogens is 335 g/mol. The lowest BCUT2D eigenvalue weighted by atomic mass is 10.1. The number of carbonyl (C=O) groups is 1. The predicted octanol–water partition coefficient (Wildman–Crippen LogP) is 3.27. The van der Waals surface area contributed by atoms with Crippen LogP contribution in [-0.2, 0) is 4.79 Å². The van der Waals surface area contributed by atoms with E-state index in [9.17, 15) is 9.18 Å². The number of rotatable bonds is 3. The maximum absolute atomic E-state index is 12.9. The summed E-state index contributed by atoms with van der Waals surface area (Å²) >= 11 is 0. The monoisotopic (exact) mass is 350 g/mol. The number of nitrogens with one attached hydrogen (secondary N) is 1. The second-order valence-electron chi connectivity index (χ2n) is 5.85. The highest BCUT2D eigenvalue weighted by Gasteiger charge is 2.27. The topological polar surface area (TPSA) is 59.9 Å². The van der Waals surface area contributed by atoms with Crippen LogP contribution < -0.4 is 14.9 Å². The van der Waals surface area contributed by atoms with E-state index in [1.807, 2.05) is 36.4 Å². The van der Waals surface area contributed by atoms with Gasteiger partial charge in [-0.05, 0) is 40.6 Å². The molecule has 26 heavy (non-hydrogen) atoms. The summed E-state index contributed by atoms with van der Waals surface area (Å²) in [5.74, 6) is 0.396. The zero-order valence-corrected chi connectivity index (χ0v) is 13.7. The highest BCUT2D eigenvalue weighted by Crippen LogP contribution is 2.35. The van der Waals surface area contributed by atoms with E-state index in [1.165, 1.54) is 18.3 Å². The summed E-state index contributed by atoms with van der Waals surface area (Å²) in [5.41, 5.74) is 3.09. The Bertz CT molecular complexity index is 986. The minimum atomic E-state index is -0.797. The van der Waals surface area contributed by atoms with Crippen molar-refractivity contribution in [3.8, 4) is 11.5 Å². The first kappa shape index (κ1) is 16.1. The van der Waals surface area contributed by atoms with Crippen LogP contribution in [0, 0.1) is 5.82 Å². The van der Waals surface area contributed by atoms with Crippen molar-refractivity contribution in [2.75, 3.05) is 6.61 Å². The van der Waals surface area contributed by atoms with Gasteiger partial charge in [0, 0.05) is 0 Å². The molecule has 0 spiro atoms. The number of benzene rings is 3. The Morgan fingerprint density at radius 1 is 1.08 bits per heavy atom. The Balaban J connectivity index is 1.43. The predicted molar refractivity (Wildman–Crippen MR) is 96.0 cm³/mol. The van der Waals surface area contributed by atoms with Crippen molar-refractivity contribution in [2.24, 2.45) is 5.10 Å². The summed E-state index contributed by atoms with van der Waals surface area (Å²) in [6.07, 6.45) is 0.636. The molecule has 130 valence electrons. The third-order valence-electron chi connectivity index (χ3n) is 4.02. The van der Waals surface area contributed by atoms with Crippen LogP contribution in [0.5, 0.6) is 11.5 Å². The van der Waals surface area contributed by atoms with Gasteiger partial charge in [-0.15, -0.1) is 0 Å². The number of hydrogen-bond acceptors (Lipinski definition) is 4. The fourth-order valence-electron chi connectivity index (χ4n) is 2.68. The molecule has 1 aliphatic rings. The number of amides is 1. The smallest absolute Gasteiger partial charge is 0.284 e. The van der Waals surface area contributed by atoms with Gasteiger partial charge in [0.25, 0.3) is 5.91 Å². The van der Waals surface area contributed by atoms with Gasteiger partial charge in [0.15, 0.2) is 11.5 Å². The summed E-state index contributed by atoms with van der Waals surface area (Å²) < 4.78 is 24.3. The Morgan fingerprint density at radius 3 is 2.50 bits per heavy atom. The normalized spacial score (nSPS) is 16.0. The van der Waals surface area contributed by atoms with Crippen LogP contribution in [0.25, 0.3) is 10.8 Å². The average molecular weight is 350 g/mol. The van der Waals surface area contributed by atoms with Crippen LogP contribution in [0.1, 0.15) is 5.56 Å². The quantitative estimate of drug-likeness (QED) is 0.583. The Labute approximate surface area is 149 Å². The molecule has 1 amide bonds. The lowest BCUT2D eigenvalue weighted by Crippen LogP contribution is -2.42. The summed E-state index contributed by atoms with van der Waals surface area (Å²) in [6, 6.07) is 17.4. The van der Waals surface area contributed by atoms with E-state index >= 15 is 0 Å². The maximum atomic E-state index is 12.9. The summed E-state index contributed by atoms with van der Waals surface area (Å²) in [4.78, 5) is 12.2. The van der Waals surface area contributed by atoms with E-state index in [-0.39, 0.29) is 12.4 Å². The molecule has 4 rings (SSSR count). The minimum absolute atomic E-state index is 0.100. The zero-order valence-electron chi connectivity index (χ0n) is 13.7. The first-order valence-electron chi connectivity index (χ1n) is 8.10. The average Bonchev–Trinajstić information content (AvgIpc) is 2.67. The molecule has 1 atom stereocenters. The first-order valence-corrected chi connectivity index (χ1v) is 8.10. The SMILES string of the molecule is O=C(N/N=C/c1ccc(F)cc1)[C@H]1COc2cc3ccccc3cc2O1. The summed E-state index contributed by atoms with van der Waals surface area (Å²) in [7, 11) is 0. The maximum Gasteiger partial charge on any atom is 0.284 e. The molecule has 0 bridgehead atoms. The van der Waals surface area contributed by atoms with Crippen molar-refractivity contribution in [1.29, 1.82) is 0 Å². The van der Waals surface area contributed by atoms with Gasteiger partial charge in [-0.2, -0.15) is 5.10 Å². The molecule has 3 aromatic rings. The molecule has 0 aromatic heterocycles. The molecule has 0 saturated heterocycles. The Morgan fingerprint density at radius 2 is 1.77 bits per heavy atom. The van der Waals surface area contributed by atoms with Gasteiger partial charge >= 0.3 is 0 Å². The summed E-state index contributed by atoms with van der Waals surface area (Å²) in [5, 5.41) is 5.92.